The van der Waals surface area contributed by atoms with Crippen molar-refractivity contribution in [2.45, 2.75) is 13.3 Å². The number of carbonyl (C=O) groups is 1. The maximum atomic E-state index is 10.9. The summed E-state index contributed by atoms with van der Waals surface area (Å²) in [5.74, 6) is 0.551. The highest BCUT2D eigenvalue weighted by Crippen LogP contribution is 2.15. The number of likely N-dealkylation sites (tertiary alicyclic amines) is 1. The van der Waals surface area contributed by atoms with Crippen molar-refractivity contribution < 1.29 is 4.79 Å². The van der Waals surface area contributed by atoms with E-state index in [9.17, 15) is 4.79 Å². The van der Waals surface area contributed by atoms with E-state index in [1.165, 1.54) is 0 Å². The van der Waals surface area contributed by atoms with Crippen molar-refractivity contribution in [1.29, 1.82) is 5.26 Å². The number of hydrogen-bond donors (Lipinski definition) is 0. The fourth-order valence-corrected chi connectivity index (χ4v) is 1.21. The third kappa shape index (κ3) is 1.27. The molecule has 3 heteroatoms. The van der Waals surface area contributed by atoms with Gasteiger partial charge in [-0.2, -0.15) is 5.26 Å². The number of nitrogens with zero attached hydrogens (tertiary/aromatic N) is 2. The van der Waals surface area contributed by atoms with Gasteiger partial charge in [-0.15, -0.1) is 0 Å². The lowest BCUT2D eigenvalue weighted by Gasteiger charge is -2.09. The van der Waals surface area contributed by atoms with E-state index in [1.807, 2.05) is 13.0 Å². The minimum Gasteiger partial charge on any atom is -0.329 e. The van der Waals surface area contributed by atoms with Gasteiger partial charge in [-0.3, -0.25) is 4.79 Å². The molecule has 0 saturated carbocycles. The standard InChI is InChI=1S/C7H10N2O/c1-6-4-7(10)9(5-6)3-2-8/h6H,3-5H2,1H3. The molecule has 10 heavy (non-hydrogen) atoms. The average Bonchev–Trinajstić information content (AvgIpc) is 2.13. The Morgan fingerprint density at radius 2 is 2.60 bits per heavy atom. The Morgan fingerprint density at radius 3 is 3.00 bits per heavy atom. The molecule has 54 valence electrons. The minimum atomic E-state index is 0.119. The predicted octanol–water partition coefficient (Wildman–Crippen LogP) is 0.378. The molecule has 1 saturated heterocycles. The van der Waals surface area contributed by atoms with E-state index in [-0.39, 0.29) is 12.5 Å². The van der Waals surface area contributed by atoms with Crippen molar-refractivity contribution in [3.63, 3.8) is 0 Å². The fraction of sp³-hybridized carbons (Fsp3) is 0.714. The maximum absolute atomic E-state index is 10.9. The van der Waals surface area contributed by atoms with Crippen molar-refractivity contribution in [1.82, 2.24) is 4.90 Å². The van der Waals surface area contributed by atoms with Crippen molar-refractivity contribution in [2.24, 2.45) is 5.92 Å². The third-order valence-corrected chi connectivity index (χ3v) is 1.67. The predicted molar refractivity (Wildman–Crippen MR) is 36.0 cm³/mol. The van der Waals surface area contributed by atoms with Crippen LogP contribution in [0.25, 0.3) is 0 Å². The molecule has 0 aromatic heterocycles. The summed E-state index contributed by atoms with van der Waals surface area (Å²) < 4.78 is 0. The van der Waals surface area contributed by atoms with Crippen LogP contribution in [0.4, 0.5) is 0 Å². The quantitative estimate of drug-likeness (QED) is 0.491. The summed E-state index contributed by atoms with van der Waals surface area (Å²) in [6.45, 7) is 3.03. The summed E-state index contributed by atoms with van der Waals surface area (Å²) in [6, 6.07) is 1.97. The second kappa shape index (κ2) is 2.70. The first-order valence-corrected chi connectivity index (χ1v) is 3.38. The number of hydrogen-bond acceptors (Lipinski definition) is 2. The lowest BCUT2D eigenvalue weighted by molar-refractivity contribution is -0.127. The van der Waals surface area contributed by atoms with Gasteiger partial charge in [0, 0.05) is 13.0 Å². The molecule has 1 heterocycles. The molecular weight excluding hydrogens is 128 g/mol. The second-order valence-electron chi connectivity index (χ2n) is 2.74. The van der Waals surface area contributed by atoms with E-state index in [1.54, 1.807) is 4.90 Å². The highest BCUT2D eigenvalue weighted by atomic mass is 16.2. The zero-order valence-electron chi connectivity index (χ0n) is 6.00. The molecule has 1 aliphatic rings. The Morgan fingerprint density at radius 1 is 1.90 bits per heavy atom. The van der Waals surface area contributed by atoms with E-state index in [0.717, 1.165) is 6.54 Å². The van der Waals surface area contributed by atoms with Gasteiger partial charge in [0.2, 0.25) is 5.91 Å². The number of rotatable bonds is 1. The summed E-state index contributed by atoms with van der Waals surface area (Å²) in [5, 5.41) is 8.29. The summed E-state index contributed by atoms with van der Waals surface area (Å²) in [7, 11) is 0. The average molecular weight is 138 g/mol. The van der Waals surface area contributed by atoms with Crippen LogP contribution < -0.4 is 0 Å². The first-order chi connectivity index (χ1) is 4.74. The molecule has 1 aliphatic heterocycles. The Hall–Kier alpha value is -1.04. The molecule has 1 amide bonds. The summed E-state index contributed by atoms with van der Waals surface area (Å²) in [4.78, 5) is 12.6. The zero-order chi connectivity index (χ0) is 7.56. The van der Waals surface area contributed by atoms with Crippen LogP contribution in [-0.2, 0) is 4.79 Å². The molecule has 0 spiro atoms. The summed E-state index contributed by atoms with van der Waals surface area (Å²) in [5.41, 5.74) is 0. The van der Waals surface area contributed by atoms with Gasteiger partial charge in [0.25, 0.3) is 0 Å². The second-order valence-corrected chi connectivity index (χ2v) is 2.74. The van der Waals surface area contributed by atoms with E-state index in [0.29, 0.717) is 12.3 Å². The topological polar surface area (TPSA) is 44.1 Å². The lowest BCUT2D eigenvalue weighted by Crippen LogP contribution is -2.25. The number of nitriles is 1. The van der Waals surface area contributed by atoms with Crippen LogP contribution >= 0.6 is 0 Å². The van der Waals surface area contributed by atoms with Gasteiger partial charge < -0.3 is 4.90 Å². The highest BCUT2D eigenvalue weighted by Gasteiger charge is 2.25. The normalized spacial score (nSPS) is 25.0. The molecule has 1 atom stereocenters. The molecule has 1 rings (SSSR count). The van der Waals surface area contributed by atoms with Gasteiger partial charge in [0.1, 0.15) is 6.54 Å². The molecule has 1 unspecified atom stereocenters. The van der Waals surface area contributed by atoms with E-state index < -0.39 is 0 Å². The smallest absolute Gasteiger partial charge is 0.223 e. The zero-order valence-corrected chi connectivity index (χ0v) is 6.00. The Bertz CT molecular complexity index is 183. The molecule has 0 radical (unpaired) electrons. The van der Waals surface area contributed by atoms with Gasteiger partial charge >= 0.3 is 0 Å². The van der Waals surface area contributed by atoms with E-state index in [2.05, 4.69) is 0 Å². The third-order valence-electron chi connectivity index (χ3n) is 1.67. The van der Waals surface area contributed by atoms with Gasteiger partial charge in [0.15, 0.2) is 0 Å². The van der Waals surface area contributed by atoms with Crippen molar-refractivity contribution in [3.05, 3.63) is 0 Å². The van der Waals surface area contributed by atoms with Gasteiger partial charge in [-0.05, 0) is 5.92 Å². The lowest BCUT2D eigenvalue weighted by atomic mass is 10.2. The van der Waals surface area contributed by atoms with Crippen molar-refractivity contribution in [2.75, 3.05) is 13.1 Å². The monoisotopic (exact) mass is 138 g/mol. The van der Waals surface area contributed by atoms with Gasteiger partial charge in [-0.25, -0.2) is 0 Å². The Labute approximate surface area is 60.2 Å². The van der Waals surface area contributed by atoms with E-state index >= 15 is 0 Å². The summed E-state index contributed by atoms with van der Waals surface area (Å²) in [6.07, 6.45) is 0.613. The first kappa shape index (κ1) is 7.07. The molecule has 0 N–H and O–H groups in total. The fourth-order valence-electron chi connectivity index (χ4n) is 1.21. The summed E-state index contributed by atoms with van der Waals surface area (Å²) >= 11 is 0. The van der Waals surface area contributed by atoms with Crippen molar-refractivity contribution >= 4 is 5.91 Å². The number of carbonyl (C=O) groups excluding carboxylic acids is 1. The van der Waals surface area contributed by atoms with Crippen LogP contribution in [0, 0.1) is 17.2 Å². The Kier molecular flexibility index (Phi) is 1.91. The van der Waals surface area contributed by atoms with Crippen LogP contribution in [0.5, 0.6) is 0 Å². The minimum absolute atomic E-state index is 0.119. The van der Waals surface area contributed by atoms with Crippen LogP contribution in [0.3, 0.4) is 0 Å². The number of amides is 1. The highest BCUT2D eigenvalue weighted by molar-refractivity contribution is 5.78. The molecule has 0 aromatic carbocycles. The maximum Gasteiger partial charge on any atom is 0.223 e. The molecule has 1 fully saturated rings. The van der Waals surface area contributed by atoms with Crippen molar-refractivity contribution in [3.8, 4) is 6.07 Å². The van der Waals surface area contributed by atoms with Crippen LogP contribution in [0.15, 0.2) is 0 Å². The molecular formula is C7H10N2O. The van der Waals surface area contributed by atoms with Crippen LogP contribution in [0.2, 0.25) is 0 Å². The molecule has 0 aliphatic carbocycles. The molecule has 0 aromatic rings. The van der Waals surface area contributed by atoms with Gasteiger partial charge in [-0.1, -0.05) is 6.92 Å². The first-order valence-electron chi connectivity index (χ1n) is 3.38. The van der Waals surface area contributed by atoms with Gasteiger partial charge in [0.05, 0.1) is 6.07 Å². The molecule has 3 nitrogen and oxygen atoms in total. The van der Waals surface area contributed by atoms with Crippen LogP contribution in [0.1, 0.15) is 13.3 Å². The largest absolute Gasteiger partial charge is 0.329 e. The Balaban J connectivity index is 2.48. The van der Waals surface area contributed by atoms with E-state index in [4.69, 9.17) is 5.26 Å². The SMILES string of the molecule is CC1CC(=O)N(CC#N)C1. The van der Waals surface area contributed by atoms with Crippen LogP contribution in [-0.4, -0.2) is 23.9 Å². The molecule has 0 bridgehead atoms.